The first-order chi connectivity index (χ1) is 8.24. The summed E-state index contributed by atoms with van der Waals surface area (Å²) in [5, 5.41) is 20.5. The zero-order valence-electron chi connectivity index (χ0n) is 9.63. The Kier molecular flexibility index (Phi) is 3.39. The van der Waals surface area contributed by atoms with Gasteiger partial charge >= 0.3 is 0 Å². The summed E-state index contributed by atoms with van der Waals surface area (Å²) in [5.74, 6) is -0.824. The molecule has 0 saturated carbocycles. The molecule has 0 aliphatic heterocycles. The summed E-state index contributed by atoms with van der Waals surface area (Å²) in [7, 11) is 0. The average molecular weight is 233 g/mol. The van der Waals surface area contributed by atoms with Gasteiger partial charge in [-0.3, -0.25) is 0 Å². The summed E-state index contributed by atoms with van der Waals surface area (Å²) in [5.41, 5.74) is 0.392. The van der Waals surface area contributed by atoms with Gasteiger partial charge in [0, 0.05) is 6.42 Å². The molecule has 1 aromatic heterocycles. The van der Waals surface area contributed by atoms with Crippen molar-refractivity contribution in [3.8, 4) is 5.75 Å². The van der Waals surface area contributed by atoms with Crippen molar-refractivity contribution in [3.63, 3.8) is 0 Å². The molecule has 1 heterocycles. The molecule has 0 aliphatic rings. The standard InChI is InChI=1S/C12H15N3O2/c1-2-8-12(16,11-9-13-15-14-11)17-10-6-4-3-5-7-10/h3-7,9,16H,2,8H2,1H3,(H,13,14,15). The van der Waals surface area contributed by atoms with Gasteiger partial charge in [0.25, 0.3) is 5.79 Å². The van der Waals surface area contributed by atoms with Crippen molar-refractivity contribution in [1.29, 1.82) is 0 Å². The summed E-state index contributed by atoms with van der Waals surface area (Å²) in [4.78, 5) is 0. The van der Waals surface area contributed by atoms with Gasteiger partial charge in [-0.15, -0.1) is 0 Å². The Labute approximate surface area is 99.4 Å². The van der Waals surface area contributed by atoms with Crippen LogP contribution in [0.1, 0.15) is 25.5 Å². The molecule has 2 N–H and O–H groups in total. The molecule has 90 valence electrons. The lowest BCUT2D eigenvalue weighted by Gasteiger charge is -2.26. The summed E-state index contributed by atoms with van der Waals surface area (Å²) < 4.78 is 5.62. The molecule has 5 nitrogen and oxygen atoms in total. The number of benzene rings is 1. The van der Waals surface area contributed by atoms with Gasteiger partial charge in [-0.05, 0) is 18.6 Å². The average Bonchev–Trinajstić information content (AvgIpc) is 2.84. The van der Waals surface area contributed by atoms with Crippen LogP contribution in [0.5, 0.6) is 5.75 Å². The molecule has 1 atom stereocenters. The molecular weight excluding hydrogens is 218 g/mol. The van der Waals surface area contributed by atoms with E-state index in [9.17, 15) is 5.11 Å². The van der Waals surface area contributed by atoms with Crippen LogP contribution in [-0.4, -0.2) is 20.5 Å². The highest BCUT2D eigenvalue weighted by Gasteiger charge is 2.33. The van der Waals surface area contributed by atoms with Gasteiger partial charge < -0.3 is 9.84 Å². The molecule has 0 saturated heterocycles. The van der Waals surface area contributed by atoms with Crippen LogP contribution in [0.15, 0.2) is 36.5 Å². The van der Waals surface area contributed by atoms with E-state index in [-0.39, 0.29) is 0 Å². The Morgan fingerprint density at radius 2 is 2.12 bits per heavy atom. The van der Waals surface area contributed by atoms with Crippen LogP contribution in [0.3, 0.4) is 0 Å². The molecule has 0 amide bonds. The second kappa shape index (κ2) is 4.97. The lowest BCUT2D eigenvalue weighted by Crippen LogP contribution is -2.33. The number of hydrogen-bond acceptors (Lipinski definition) is 4. The smallest absolute Gasteiger partial charge is 0.255 e. The number of aliphatic hydroxyl groups is 1. The van der Waals surface area contributed by atoms with E-state index in [4.69, 9.17) is 4.74 Å². The van der Waals surface area contributed by atoms with Crippen molar-refractivity contribution < 1.29 is 9.84 Å². The monoisotopic (exact) mass is 233 g/mol. The largest absolute Gasteiger partial charge is 0.456 e. The summed E-state index contributed by atoms with van der Waals surface area (Å²) >= 11 is 0. The number of rotatable bonds is 5. The third-order valence-corrected chi connectivity index (χ3v) is 2.43. The number of nitrogens with one attached hydrogen (secondary N) is 1. The zero-order valence-corrected chi connectivity index (χ0v) is 9.63. The number of aromatic amines is 1. The normalized spacial score (nSPS) is 14.2. The number of H-pyrrole nitrogens is 1. The molecule has 1 aromatic carbocycles. The Balaban J connectivity index is 2.23. The van der Waals surface area contributed by atoms with Crippen LogP contribution in [0, 0.1) is 0 Å². The molecule has 17 heavy (non-hydrogen) atoms. The van der Waals surface area contributed by atoms with E-state index in [0.29, 0.717) is 17.9 Å². The molecule has 0 fully saturated rings. The minimum Gasteiger partial charge on any atom is -0.456 e. The van der Waals surface area contributed by atoms with Crippen LogP contribution >= 0.6 is 0 Å². The van der Waals surface area contributed by atoms with Crippen LogP contribution in [0.2, 0.25) is 0 Å². The fourth-order valence-corrected chi connectivity index (χ4v) is 1.64. The van der Waals surface area contributed by atoms with E-state index in [1.165, 1.54) is 6.20 Å². The number of para-hydroxylation sites is 1. The van der Waals surface area contributed by atoms with E-state index in [0.717, 1.165) is 6.42 Å². The third-order valence-electron chi connectivity index (χ3n) is 2.43. The molecule has 0 spiro atoms. The number of nitrogens with zero attached hydrogens (tertiary/aromatic N) is 2. The summed E-state index contributed by atoms with van der Waals surface area (Å²) in [6, 6.07) is 9.18. The van der Waals surface area contributed by atoms with E-state index in [2.05, 4.69) is 15.4 Å². The van der Waals surface area contributed by atoms with Gasteiger partial charge in [0.05, 0.1) is 6.20 Å². The topological polar surface area (TPSA) is 71.0 Å². The van der Waals surface area contributed by atoms with Crippen molar-refractivity contribution in [2.75, 3.05) is 0 Å². The summed E-state index contributed by atoms with van der Waals surface area (Å²) in [6.07, 6.45) is 2.70. The van der Waals surface area contributed by atoms with Crippen LogP contribution in [-0.2, 0) is 5.79 Å². The lowest BCUT2D eigenvalue weighted by atomic mass is 10.1. The second-order valence-electron chi connectivity index (χ2n) is 3.80. The first-order valence-electron chi connectivity index (χ1n) is 5.57. The van der Waals surface area contributed by atoms with Crippen LogP contribution < -0.4 is 4.74 Å². The lowest BCUT2D eigenvalue weighted by molar-refractivity contribution is -0.154. The number of aromatic nitrogens is 3. The predicted octanol–water partition coefficient (Wildman–Crippen LogP) is 1.83. The van der Waals surface area contributed by atoms with E-state index in [1.807, 2.05) is 25.1 Å². The molecule has 2 rings (SSSR count). The van der Waals surface area contributed by atoms with E-state index in [1.54, 1.807) is 12.1 Å². The molecule has 0 bridgehead atoms. The maximum Gasteiger partial charge on any atom is 0.255 e. The SMILES string of the molecule is CCCC(O)(Oc1ccccc1)c1cn[nH]n1. The molecule has 0 radical (unpaired) electrons. The first-order valence-corrected chi connectivity index (χ1v) is 5.57. The predicted molar refractivity (Wildman–Crippen MR) is 62.3 cm³/mol. The van der Waals surface area contributed by atoms with Gasteiger partial charge in [-0.1, -0.05) is 25.1 Å². The van der Waals surface area contributed by atoms with Gasteiger partial charge in [-0.25, -0.2) is 0 Å². The van der Waals surface area contributed by atoms with Gasteiger partial charge in [0.1, 0.15) is 5.75 Å². The molecular formula is C12H15N3O2. The van der Waals surface area contributed by atoms with Gasteiger partial charge in [-0.2, -0.15) is 15.4 Å². The van der Waals surface area contributed by atoms with E-state index >= 15 is 0 Å². The fourth-order valence-electron chi connectivity index (χ4n) is 1.64. The highest BCUT2D eigenvalue weighted by atomic mass is 16.6. The molecule has 0 aliphatic carbocycles. The quantitative estimate of drug-likeness (QED) is 0.773. The fraction of sp³-hybridized carbons (Fsp3) is 0.333. The molecule has 2 aromatic rings. The van der Waals surface area contributed by atoms with Crippen LogP contribution in [0.25, 0.3) is 0 Å². The Morgan fingerprint density at radius 3 is 2.71 bits per heavy atom. The minimum absolute atomic E-state index is 0.392. The van der Waals surface area contributed by atoms with Crippen LogP contribution in [0.4, 0.5) is 0 Å². The number of ether oxygens (including phenoxy) is 1. The van der Waals surface area contributed by atoms with Gasteiger partial charge in [0.15, 0.2) is 5.69 Å². The Bertz CT molecular complexity index is 444. The van der Waals surface area contributed by atoms with Crippen molar-refractivity contribution in [3.05, 3.63) is 42.2 Å². The highest BCUT2D eigenvalue weighted by Crippen LogP contribution is 2.28. The maximum absolute atomic E-state index is 10.5. The van der Waals surface area contributed by atoms with Crippen molar-refractivity contribution in [2.45, 2.75) is 25.6 Å². The van der Waals surface area contributed by atoms with Gasteiger partial charge in [0.2, 0.25) is 0 Å². The van der Waals surface area contributed by atoms with E-state index < -0.39 is 5.79 Å². The minimum atomic E-state index is -1.43. The van der Waals surface area contributed by atoms with Crippen molar-refractivity contribution in [2.24, 2.45) is 0 Å². The first kappa shape index (κ1) is 11.6. The zero-order chi connectivity index (χ0) is 12.1. The Morgan fingerprint density at radius 1 is 1.35 bits per heavy atom. The maximum atomic E-state index is 10.5. The Hall–Kier alpha value is -1.88. The molecule has 5 heteroatoms. The van der Waals surface area contributed by atoms with Crippen molar-refractivity contribution in [1.82, 2.24) is 15.4 Å². The highest BCUT2D eigenvalue weighted by molar-refractivity contribution is 5.22. The third kappa shape index (κ3) is 2.62. The summed E-state index contributed by atoms with van der Waals surface area (Å²) in [6.45, 7) is 1.97. The van der Waals surface area contributed by atoms with Crippen molar-refractivity contribution >= 4 is 0 Å². The second-order valence-corrected chi connectivity index (χ2v) is 3.80. The molecule has 1 unspecified atom stereocenters. The number of hydrogen-bond donors (Lipinski definition) is 2.